The van der Waals surface area contributed by atoms with Gasteiger partial charge in [-0.05, 0) is 81.2 Å². The monoisotopic (exact) mass is 1020 g/mol. The molecule has 0 spiro atoms. The van der Waals surface area contributed by atoms with E-state index in [1.54, 1.807) is 61.5 Å². The van der Waals surface area contributed by atoms with E-state index < -0.39 is 41.6 Å². The van der Waals surface area contributed by atoms with Crippen LogP contribution < -0.4 is 20.1 Å². The molecule has 3 atom stereocenters. The summed E-state index contributed by atoms with van der Waals surface area (Å²) in [6, 6.07) is 6.06. The molecule has 4 aromatic heterocycles. The van der Waals surface area contributed by atoms with Crippen LogP contribution in [0.25, 0.3) is 21.1 Å². The predicted octanol–water partition coefficient (Wildman–Crippen LogP) is 5.63. The number of carbonyl (C=O) groups is 4. The van der Waals surface area contributed by atoms with Gasteiger partial charge >= 0.3 is 0 Å². The van der Waals surface area contributed by atoms with Crippen molar-refractivity contribution >= 4 is 56.1 Å². The fraction of sp³-hybridized carbons (Fsp3) is 0.569. The van der Waals surface area contributed by atoms with Crippen LogP contribution in [0.2, 0.25) is 0 Å². The lowest BCUT2D eigenvalue weighted by molar-refractivity contribution is -0.142. The van der Waals surface area contributed by atoms with E-state index in [1.807, 2.05) is 24.4 Å². The molecule has 0 bridgehead atoms. The Morgan fingerprint density at radius 3 is 2.43 bits per heavy atom. The molecule has 1 aromatic carbocycles. The number of hydrogen-bond acceptors (Lipinski definition) is 14. The second kappa shape index (κ2) is 24.3. The Morgan fingerprint density at radius 1 is 0.944 bits per heavy atom. The third-order valence-electron chi connectivity index (χ3n) is 14.2. The van der Waals surface area contributed by atoms with Crippen LogP contribution in [0.1, 0.15) is 85.4 Å². The summed E-state index contributed by atoms with van der Waals surface area (Å²) in [5, 5.41) is 12.1. The molecule has 18 nitrogen and oxygen atoms in total. The average molecular weight is 1020 g/mol. The molecule has 0 radical (unpaired) electrons. The number of piperazine rings is 1. The molecule has 5 aromatic rings. The zero-order valence-electron chi connectivity index (χ0n) is 41.8. The molecule has 2 aliphatic heterocycles. The molecule has 4 amide bonds. The number of nitrogens with zero attached hydrogens (tertiary/aromatic N) is 7. The van der Waals surface area contributed by atoms with Gasteiger partial charge in [-0.1, -0.05) is 19.3 Å². The Balaban J connectivity index is 0.777. The standard InChI is InChI=1S/C51H67F2N9O9S/c1-32-30-61(18-19-62(32)50(65)45(34-9-7-6-8-10-34)56-48(63)33(2)54-3)51(66)46-44(37-28-38(52)39(53)29-41(37)59(46)5)49(64)58(4)20-21-67-22-23-68-24-25-69-43-27-36(71-57-43)31-60-16-12-35(13-17-60)70-42-11-15-55-40-14-26-72-47(40)42/h11,14-15,26-29,32-35,45,54H,6-10,12-13,16-25,30-31H2,1-5H3,(H,56,63)/t32-,33+,45?/m1/s1. The van der Waals surface area contributed by atoms with Gasteiger partial charge in [-0.2, -0.15) is 0 Å². The number of pyridine rings is 1. The van der Waals surface area contributed by atoms with E-state index in [2.05, 4.69) is 25.7 Å². The fourth-order valence-electron chi connectivity index (χ4n) is 9.94. The lowest BCUT2D eigenvalue weighted by Crippen LogP contribution is -2.62. The van der Waals surface area contributed by atoms with Crippen LogP contribution in [-0.2, 0) is 32.7 Å². The number of fused-ring (bicyclic) bond motifs is 2. The van der Waals surface area contributed by atoms with Gasteiger partial charge in [0.05, 0.1) is 60.3 Å². The van der Waals surface area contributed by atoms with Crippen molar-refractivity contribution in [2.75, 3.05) is 86.4 Å². The minimum atomic E-state index is -1.15. The van der Waals surface area contributed by atoms with E-state index in [1.165, 1.54) is 9.47 Å². The van der Waals surface area contributed by atoms with Gasteiger partial charge in [0, 0.05) is 83.1 Å². The zero-order chi connectivity index (χ0) is 50.9. The highest BCUT2D eigenvalue weighted by atomic mass is 32.1. The van der Waals surface area contributed by atoms with Gasteiger partial charge in [0.25, 0.3) is 17.7 Å². The topological polar surface area (TPSA) is 186 Å². The Hall–Kier alpha value is -5.74. The van der Waals surface area contributed by atoms with Crippen molar-refractivity contribution in [2.45, 2.75) is 89.6 Å². The fourth-order valence-corrected chi connectivity index (χ4v) is 10.7. The average Bonchev–Trinajstić information content (AvgIpc) is 4.13. The van der Waals surface area contributed by atoms with E-state index in [-0.39, 0.29) is 105 Å². The molecule has 21 heteroatoms. The Bertz CT molecular complexity index is 2660. The summed E-state index contributed by atoms with van der Waals surface area (Å²) in [5.41, 5.74) is 1.06. The quantitative estimate of drug-likeness (QED) is 0.0864. The lowest BCUT2D eigenvalue weighted by Gasteiger charge is -2.43. The molecule has 390 valence electrons. The van der Waals surface area contributed by atoms with Crippen LogP contribution in [0.4, 0.5) is 8.78 Å². The maximum Gasteiger partial charge on any atom is 0.271 e. The van der Waals surface area contributed by atoms with Gasteiger partial charge in [-0.15, -0.1) is 11.3 Å². The Labute approximate surface area is 422 Å². The van der Waals surface area contributed by atoms with Gasteiger partial charge in [0.1, 0.15) is 30.2 Å². The van der Waals surface area contributed by atoms with E-state index in [0.717, 1.165) is 86.1 Å². The number of rotatable bonds is 21. The number of likely N-dealkylation sites (N-methyl/N-ethyl adjacent to an activating group) is 2. The third kappa shape index (κ3) is 12.4. The number of ether oxygens (including phenoxy) is 4. The normalized spacial score (nSPS) is 18.1. The minimum absolute atomic E-state index is 0.00330. The lowest BCUT2D eigenvalue weighted by atomic mass is 9.83. The SMILES string of the molecule is CN[C@@H](C)C(=O)NC(C(=O)N1CCN(C(=O)c2c(C(=O)N(C)CCOCCOCCOc3cc(CN4CCC(Oc5ccnc6ccsc56)CC4)on3)c3cc(F)c(F)cc3n2C)C[C@H]1C)C1CCCCC1. The summed E-state index contributed by atoms with van der Waals surface area (Å²) in [6.45, 7) is 7.72. The van der Waals surface area contributed by atoms with E-state index >= 15 is 0 Å². The Morgan fingerprint density at radius 2 is 1.68 bits per heavy atom. The van der Waals surface area contributed by atoms with E-state index in [4.69, 9.17) is 23.5 Å². The van der Waals surface area contributed by atoms with E-state index in [0.29, 0.717) is 18.2 Å². The molecule has 6 heterocycles. The second-order valence-electron chi connectivity index (χ2n) is 19.1. The highest BCUT2D eigenvalue weighted by molar-refractivity contribution is 7.17. The number of nitrogens with one attached hydrogen (secondary N) is 2. The van der Waals surface area contributed by atoms with Crippen molar-refractivity contribution in [1.82, 2.24) is 44.9 Å². The summed E-state index contributed by atoms with van der Waals surface area (Å²) in [4.78, 5) is 67.4. The molecule has 1 saturated carbocycles. The molecule has 3 fully saturated rings. The minimum Gasteiger partial charge on any atom is -0.489 e. The van der Waals surface area contributed by atoms with Gasteiger partial charge in [-0.25, -0.2) is 8.78 Å². The van der Waals surface area contributed by atoms with E-state index in [9.17, 15) is 28.0 Å². The number of aromatic nitrogens is 3. The number of likely N-dealkylation sites (tertiary alicyclic amines) is 1. The molecular weight excluding hydrogens is 953 g/mol. The molecule has 8 rings (SSSR count). The highest BCUT2D eigenvalue weighted by Crippen LogP contribution is 2.33. The summed E-state index contributed by atoms with van der Waals surface area (Å²) in [5.74, 6) is -1.79. The molecule has 3 aliphatic rings. The van der Waals surface area contributed by atoms with Gasteiger partial charge in [0.2, 0.25) is 11.8 Å². The van der Waals surface area contributed by atoms with Crippen LogP contribution in [0.3, 0.4) is 0 Å². The van der Waals surface area contributed by atoms with Crippen LogP contribution in [-0.4, -0.2) is 169 Å². The van der Waals surface area contributed by atoms with Gasteiger partial charge in [-0.3, -0.25) is 29.1 Å². The maximum absolute atomic E-state index is 14.8. The van der Waals surface area contributed by atoms with Crippen LogP contribution in [0.5, 0.6) is 11.6 Å². The number of amides is 4. The van der Waals surface area contributed by atoms with Crippen molar-refractivity contribution < 1.29 is 51.4 Å². The molecule has 2 N–H and O–H groups in total. The highest BCUT2D eigenvalue weighted by Gasteiger charge is 2.40. The van der Waals surface area contributed by atoms with Crippen molar-refractivity contribution in [1.29, 1.82) is 0 Å². The van der Waals surface area contributed by atoms with Gasteiger partial charge < -0.3 is 53.4 Å². The molecule has 72 heavy (non-hydrogen) atoms. The largest absolute Gasteiger partial charge is 0.489 e. The number of hydrogen-bond donors (Lipinski definition) is 2. The van der Waals surface area contributed by atoms with Crippen molar-refractivity contribution in [2.24, 2.45) is 13.0 Å². The number of aryl methyl sites for hydroxylation is 1. The molecular formula is C51H67F2N9O9S. The van der Waals surface area contributed by atoms with Crippen molar-refractivity contribution in [3.8, 4) is 11.6 Å². The number of piperidine rings is 1. The number of carbonyl (C=O) groups excluding carboxylic acids is 4. The van der Waals surface area contributed by atoms with Crippen LogP contribution in [0, 0.1) is 17.6 Å². The van der Waals surface area contributed by atoms with Crippen LogP contribution in [0.15, 0.2) is 46.4 Å². The van der Waals surface area contributed by atoms with Crippen LogP contribution >= 0.6 is 11.3 Å². The number of benzene rings is 1. The maximum atomic E-state index is 14.8. The number of halogens is 2. The first-order valence-corrected chi connectivity index (χ1v) is 25.9. The first-order chi connectivity index (χ1) is 34.8. The predicted molar refractivity (Wildman–Crippen MR) is 266 cm³/mol. The third-order valence-corrected chi connectivity index (χ3v) is 15.1. The number of thiophene rings is 1. The second-order valence-corrected chi connectivity index (χ2v) is 20.0. The van der Waals surface area contributed by atoms with Crippen molar-refractivity contribution in [3.05, 3.63) is 70.6 Å². The summed E-state index contributed by atoms with van der Waals surface area (Å²) < 4.78 is 61.1. The summed E-state index contributed by atoms with van der Waals surface area (Å²) >= 11 is 1.64. The first kappa shape index (κ1) is 52.6. The van der Waals surface area contributed by atoms with Gasteiger partial charge in [0.15, 0.2) is 17.4 Å². The Kier molecular flexibility index (Phi) is 17.8. The summed E-state index contributed by atoms with van der Waals surface area (Å²) in [6.07, 6.45) is 8.45. The molecule has 1 unspecified atom stereocenters. The summed E-state index contributed by atoms with van der Waals surface area (Å²) in [7, 11) is 4.79. The molecule has 2 saturated heterocycles. The molecule has 1 aliphatic carbocycles. The smallest absolute Gasteiger partial charge is 0.271 e. The zero-order valence-corrected chi connectivity index (χ0v) is 42.6. The first-order valence-electron chi connectivity index (χ1n) is 25.1. The van der Waals surface area contributed by atoms with Crippen molar-refractivity contribution in [3.63, 3.8) is 0 Å².